The van der Waals surface area contributed by atoms with E-state index in [1.165, 1.54) is 5.57 Å². The second-order valence-electron chi connectivity index (χ2n) is 6.98. The highest BCUT2D eigenvalue weighted by atomic mass is 16.5. The van der Waals surface area contributed by atoms with Gasteiger partial charge in [0.1, 0.15) is 11.9 Å². The largest absolute Gasteiger partial charge is 0.450 e. The Labute approximate surface area is 139 Å². The molecule has 3 nitrogen and oxygen atoms in total. The second-order valence-corrected chi connectivity index (χ2v) is 6.98. The van der Waals surface area contributed by atoms with Crippen LogP contribution in [0, 0.1) is 5.92 Å². The predicted octanol–water partition coefficient (Wildman–Crippen LogP) is 4.68. The van der Waals surface area contributed by atoms with Gasteiger partial charge in [0, 0.05) is 17.9 Å². The number of allylic oxidation sites excluding steroid dienone is 3. The minimum Gasteiger partial charge on any atom is -0.450 e. The summed E-state index contributed by atoms with van der Waals surface area (Å²) < 4.78 is 5.50. The zero-order chi connectivity index (χ0) is 17.0. The van der Waals surface area contributed by atoms with E-state index in [1.54, 1.807) is 0 Å². The first-order chi connectivity index (χ1) is 10.9. The molecule has 0 saturated carbocycles. The number of esters is 1. The smallest absolute Gasteiger partial charge is 0.334 e. The highest BCUT2D eigenvalue weighted by Gasteiger charge is 2.29. The van der Waals surface area contributed by atoms with Gasteiger partial charge in [0.2, 0.25) is 0 Å². The van der Waals surface area contributed by atoms with Gasteiger partial charge in [0.15, 0.2) is 0 Å². The van der Waals surface area contributed by atoms with Gasteiger partial charge in [-0.1, -0.05) is 24.1 Å². The zero-order valence-corrected chi connectivity index (χ0v) is 14.8. The molecular weight excluding hydrogens is 288 g/mol. The Morgan fingerprint density at radius 3 is 2.43 bits per heavy atom. The van der Waals surface area contributed by atoms with Crippen LogP contribution in [0.5, 0.6) is 0 Å². The van der Waals surface area contributed by atoms with Gasteiger partial charge in [-0.2, -0.15) is 0 Å². The third-order valence-electron chi connectivity index (χ3n) is 5.00. The van der Waals surface area contributed by atoms with E-state index in [-0.39, 0.29) is 18.0 Å². The van der Waals surface area contributed by atoms with Crippen molar-refractivity contribution in [2.45, 2.75) is 72.3 Å². The Hall–Kier alpha value is -1.64. The predicted molar refractivity (Wildman–Crippen MR) is 92.0 cm³/mol. The average Bonchev–Trinajstić information content (AvgIpc) is 2.76. The number of Topliss-reactive ketones (excluding diaryl/α,β-unsaturated/α-hetero) is 1. The van der Waals surface area contributed by atoms with E-state index >= 15 is 0 Å². The highest BCUT2D eigenvalue weighted by molar-refractivity contribution is 5.92. The molecule has 2 aliphatic rings. The Bertz CT molecular complexity index is 578. The minimum atomic E-state index is -0.245. The van der Waals surface area contributed by atoms with Crippen LogP contribution in [-0.4, -0.2) is 17.9 Å². The molecule has 0 radical (unpaired) electrons. The lowest BCUT2D eigenvalue weighted by molar-refractivity contribution is -0.138. The number of hydrogen-bond acceptors (Lipinski definition) is 3. The van der Waals surface area contributed by atoms with Crippen LogP contribution < -0.4 is 0 Å². The second kappa shape index (κ2) is 7.76. The summed E-state index contributed by atoms with van der Waals surface area (Å²) in [5.41, 5.74) is 4.29. The maximum atomic E-state index is 12.2. The lowest BCUT2D eigenvalue weighted by Gasteiger charge is -2.14. The van der Waals surface area contributed by atoms with Gasteiger partial charge < -0.3 is 4.74 Å². The Kier molecular flexibility index (Phi) is 5.97. The van der Waals surface area contributed by atoms with Crippen LogP contribution in [0.4, 0.5) is 0 Å². The number of fused-ring (bicyclic) bond motifs is 1. The molecule has 0 saturated heterocycles. The van der Waals surface area contributed by atoms with Gasteiger partial charge in [-0.15, -0.1) is 0 Å². The van der Waals surface area contributed by atoms with Gasteiger partial charge in [-0.3, -0.25) is 4.79 Å². The van der Waals surface area contributed by atoms with Crippen molar-refractivity contribution in [3.8, 4) is 0 Å². The fourth-order valence-corrected chi connectivity index (χ4v) is 3.17. The molecule has 0 aromatic heterocycles. The number of ether oxygens (including phenoxy) is 1. The maximum absolute atomic E-state index is 12.2. The first-order valence-electron chi connectivity index (χ1n) is 8.64. The molecule has 0 aromatic rings. The van der Waals surface area contributed by atoms with E-state index in [1.807, 2.05) is 26.8 Å². The van der Waals surface area contributed by atoms with Crippen LogP contribution in [-0.2, 0) is 14.3 Å². The summed E-state index contributed by atoms with van der Waals surface area (Å²) in [5.74, 6) is 0.248. The molecule has 0 bridgehead atoms. The van der Waals surface area contributed by atoms with Gasteiger partial charge in [-0.05, 0) is 64.5 Å². The van der Waals surface area contributed by atoms with Gasteiger partial charge in [0.05, 0.1) is 0 Å². The van der Waals surface area contributed by atoms with Crippen molar-refractivity contribution in [3.63, 3.8) is 0 Å². The number of carbonyl (C=O) groups excluding carboxylic acids is 2. The molecule has 2 atom stereocenters. The lowest BCUT2D eigenvalue weighted by Crippen LogP contribution is -2.12. The highest BCUT2D eigenvalue weighted by Crippen LogP contribution is 2.30. The van der Waals surface area contributed by atoms with E-state index in [2.05, 4.69) is 13.0 Å². The summed E-state index contributed by atoms with van der Waals surface area (Å²) in [5, 5.41) is 0. The molecule has 0 spiro atoms. The summed E-state index contributed by atoms with van der Waals surface area (Å²) in [6.07, 6.45) is 9.01. The molecule has 1 aliphatic heterocycles. The molecule has 0 N–H and O–H groups in total. The number of carbonyl (C=O) groups is 2. The summed E-state index contributed by atoms with van der Waals surface area (Å²) >= 11 is 0. The molecule has 0 unspecified atom stereocenters. The summed E-state index contributed by atoms with van der Waals surface area (Å²) in [6.45, 7) is 8.03. The fraction of sp³-hybridized carbons (Fsp3) is 0.600. The van der Waals surface area contributed by atoms with Crippen molar-refractivity contribution in [2.24, 2.45) is 5.92 Å². The van der Waals surface area contributed by atoms with E-state index in [0.717, 1.165) is 48.8 Å². The summed E-state index contributed by atoms with van der Waals surface area (Å²) in [4.78, 5) is 24.1. The van der Waals surface area contributed by atoms with Gasteiger partial charge in [0.25, 0.3) is 0 Å². The fourth-order valence-electron chi connectivity index (χ4n) is 3.17. The molecule has 0 amide bonds. The zero-order valence-electron chi connectivity index (χ0n) is 14.8. The van der Waals surface area contributed by atoms with Crippen molar-refractivity contribution < 1.29 is 14.3 Å². The SMILES string of the molecule is CC1=C[C@H]2OC(=O)C(C)=C2CCC(C)=CCC[C@@H](C)C(=O)CC1. The molecule has 2 rings (SSSR count). The number of ketones is 1. The molecule has 23 heavy (non-hydrogen) atoms. The number of hydrogen-bond donors (Lipinski definition) is 0. The van der Waals surface area contributed by atoms with Crippen molar-refractivity contribution >= 4 is 11.8 Å². The van der Waals surface area contributed by atoms with Gasteiger partial charge >= 0.3 is 5.97 Å². The monoisotopic (exact) mass is 316 g/mol. The topological polar surface area (TPSA) is 43.4 Å². The van der Waals surface area contributed by atoms with Crippen LogP contribution in [0.25, 0.3) is 0 Å². The Balaban J connectivity index is 2.23. The molecule has 1 aliphatic carbocycles. The Morgan fingerprint density at radius 1 is 1.00 bits per heavy atom. The van der Waals surface area contributed by atoms with Crippen LogP contribution in [0.15, 0.2) is 34.4 Å². The third kappa shape index (κ3) is 4.66. The normalized spacial score (nSPS) is 27.8. The maximum Gasteiger partial charge on any atom is 0.334 e. The summed E-state index contributed by atoms with van der Waals surface area (Å²) in [6, 6.07) is 0. The third-order valence-corrected chi connectivity index (χ3v) is 5.00. The van der Waals surface area contributed by atoms with E-state index in [9.17, 15) is 9.59 Å². The number of rotatable bonds is 0. The average molecular weight is 316 g/mol. The van der Waals surface area contributed by atoms with Crippen LogP contribution in [0.1, 0.15) is 66.2 Å². The first-order valence-corrected chi connectivity index (χ1v) is 8.64. The van der Waals surface area contributed by atoms with Crippen molar-refractivity contribution in [1.82, 2.24) is 0 Å². The molecular formula is C20H28O3. The standard InChI is InChI=1S/C20H28O3/c1-13-6-5-7-15(3)18(21)11-9-14(2)12-19-17(10-8-13)16(4)20(22)23-19/h6,12,15,19H,5,7-11H2,1-4H3/t15-,19-/m1/s1. The van der Waals surface area contributed by atoms with Crippen LogP contribution in [0.3, 0.4) is 0 Å². The molecule has 0 fully saturated rings. The molecule has 126 valence electrons. The quantitative estimate of drug-likeness (QED) is 0.481. The van der Waals surface area contributed by atoms with Crippen LogP contribution in [0.2, 0.25) is 0 Å². The van der Waals surface area contributed by atoms with E-state index in [4.69, 9.17) is 4.74 Å². The molecule has 0 aromatic carbocycles. The Morgan fingerprint density at radius 2 is 1.70 bits per heavy atom. The van der Waals surface area contributed by atoms with Crippen molar-refractivity contribution in [3.05, 3.63) is 34.4 Å². The van der Waals surface area contributed by atoms with E-state index in [0.29, 0.717) is 12.2 Å². The summed E-state index contributed by atoms with van der Waals surface area (Å²) in [7, 11) is 0. The molecule has 1 heterocycles. The van der Waals surface area contributed by atoms with Crippen LogP contribution >= 0.6 is 0 Å². The lowest BCUT2D eigenvalue weighted by atomic mass is 9.92. The van der Waals surface area contributed by atoms with Gasteiger partial charge in [-0.25, -0.2) is 4.79 Å². The van der Waals surface area contributed by atoms with E-state index < -0.39 is 0 Å². The minimum absolute atomic E-state index is 0.122. The first kappa shape index (κ1) is 17.7. The van der Waals surface area contributed by atoms with Crippen molar-refractivity contribution in [2.75, 3.05) is 0 Å². The van der Waals surface area contributed by atoms with Crippen molar-refractivity contribution in [1.29, 1.82) is 0 Å². The molecule has 3 heteroatoms.